The Kier molecular flexibility index (Phi) is 5.66. The fourth-order valence-corrected chi connectivity index (χ4v) is 3.07. The number of hydrogen-bond donors (Lipinski definition) is 1. The van der Waals surface area contributed by atoms with E-state index < -0.39 is 30.2 Å². The first-order chi connectivity index (χ1) is 15.0. The van der Waals surface area contributed by atoms with Crippen LogP contribution in [0.25, 0.3) is 21.7 Å². The maximum absolute atomic E-state index is 12.4. The molecule has 1 atom stereocenters. The molecule has 0 radical (unpaired) electrons. The molecule has 0 aliphatic rings. The molecule has 1 unspecified atom stereocenters. The van der Waals surface area contributed by atoms with Gasteiger partial charge in [0.25, 0.3) is 5.91 Å². The first-order valence-corrected chi connectivity index (χ1v) is 9.64. The summed E-state index contributed by atoms with van der Waals surface area (Å²) >= 11 is 0. The number of esters is 1. The van der Waals surface area contributed by atoms with E-state index in [1.54, 1.807) is 24.3 Å². The molecule has 0 aliphatic heterocycles. The number of carbonyl (C=O) groups is 2. The van der Waals surface area contributed by atoms with Crippen molar-refractivity contribution in [1.82, 2.24) is 0 Å². The van der Waals surface area contributed by atoms with Gasteiger partial charge in [-0.1, -0.05) is 30.3 Å². The van der Waals surface area contributed by atoms with Gasteiger partial charge in [0.2, 0.25) is 0 Å². The highest BCUT2D eigenvalue weighted by molar-refractivity contribution is 5.97. The fraction of sp³-hybridized carbons (Fsp3) is 0.125. The van der Waals surface area contributed by atoms with Crippen LogP contribution in [0.1, 0.15) is 6.92 Å². The van der Waals surface area contributed by atoms with Gasteiger partial charge in [-0.25, -0.2) is 9.59 Å². The van der Waals surface area contributed by atoms with Crippen molar-refractivity contribution >= 4 is 39.3 Å². The fourth-order valence-electron chi connectivity index (χ4n) is 3.07. The summed E-state index contributed by atoms with van der Waals surface area (Å²) in [5, 5.41) is 5.52. The van der Waals surface area contributed by atoms with Crippen LogP contribution in [0.2, 0.25) is 0 Å². The molecule has 0 saturated heterocycles. The summed E-state index contributed by atoms with van der Waals surface area (Å²) in [6, 6.07) is 21.2. The Balaban J connectivity index is 1.32. The van der Waals surface area contributed by atoms with Crippen LogP contribution in [0.3, 0.4) is 0 Å². The van der Waals surface area contributed by atoms with Crippen molar-refractivity contribution in [1.29, 1.82) is 0 Å². The monoisotopic (exact) mass is 417 g/mol. The van der Waals surface area contributed by atoms with Crippen LogP contribution in [-0.2, 0) is 14.3 Å². The number of anilines is 1. The van der Waals surface area contributed by atoms with Gasteiger partial charge >= 0.3 is 11.6 Å². The zero-order valence-electron chi connectivity index (χ0n) is 16.7. The third-order valence-electron chi connectivity index (χ3n) is 4.65. The Morgan fingerprint density at radius 2 is 1.68 bits per heavy atom. The number of ether oxygens (including phenoxy) is 2. The maximum Gasteiger partial charge on any atom is 0.344 e. The second-order valence-electron chi connectivity index (χ2n) is 6.93. The molecular formula is C24H19NO6. The van der Waals surface area contributed by atoms with Gasteiger partial charge in [0.1, 0.15) is 11.3 Å². The molecule has 3 aromatic carbocycles. The lowest BCUT2D eigenvalue weighted by atomic mass is 10.1. The van der Waals surface area contributed by atoms with Gasteiger partial charge in [-0.3, -0.25) is 4.79 Å². The molecule has 4 aromatic rings. The minimum Gasteiger partial charge on any atom is -0.482 e. The van der Waals surface area contributed by atoms with E-state index in [9.17, 15) is 14.4 Å². The highest BCUT2D eigenvalue weighted by Gasteiger charge is 2.18. The SMILES string of the molecule is CC(OC(=O)COc1ccc2ccc(=O)oc2c1)C(=O)Nc1ccc2ccccc2c1. The number of amides is 1. The predicted octanol–water partition coefficient (Wildman–Crippen LogP) is 3.90. The van der Waals surface area contributed by atoms with Crippen LogP contribution in [0.5, 0.6) is 5.75 Å². The number of hydrogen-bond acceptors (Lipinski definition) is 6. The van der Waals surface area contributed by atoms with Gasteiger partial charge in [-0.05, 0) is 48.0 Å². The Morgan fingerprint density at radius 1 is 0.935 bits per heavy atom. The van der Waals surface area contributed by atoms with E-state index in [4.69, 9.17) is 13.9 Å². The minimum atomic E-state index is -1.00. The second-order valence-corrected chi connectivity index (χ2v) is 6.93. The molecule has 0 aliphatic carbocycles. The third kappa shape index (κ3) is 4.90. The molecule has 0 spiro atoms. The van der Waals surface area contributed by atoms with Crippen LogP contribution in [0, 0.1) is 0 Å². The van der Waals surface area contributed by atoms with Crippen molar-refractivity contribution in [2.24, 2.45) is 0 Å². The van der Waals surface area contributed by atoms with Crippen LogP contribution in [0.15, 0.2) is 82.0 Å². The molecule has 1 N–H and O–H groups in total. The normalized spacial score (nSPS) is 11.8. The van der Waals surface area contributed by atoms with Gasteiger partial charge in [0, 0.05) is 23.2 Å². The number of fused-ring (bicyclic) bond motifs is 2. The number of rotatable bonds is 6. The highest BCUT2D eigenvalue weighted by atomic mass is 16.6. The third-order valence-corrected chi connectivity index (χ3v) is 4.65. The van der Waals surface area contributed by atoms with Crippen molar-refractivity contribution in [3.63, 3.8) is 0 Å². The molecule has 0 saturated carbocycles. The Morgan fingerprint density at radius 3 is 2.52 bits per heavy atom. The highest BCUT2D eigenvalue weighted by Crippen LogP contribution is 2.20. The van der Waals surface area contributed by atoms with Crippen molar-refractivity contribution in [3.8, 4) is 5.75 Å². The molecule has 31 heavy (non-hydrogen) atoms. The van der Waals surface area contributed by atoms with E-state index in [0.717, 1.165) is 16.2 Å². The molecule has 156 valence electrons. The average molecular weight is 417 g/mol. The number of benzene rings is 3. The number of carbonyl (C=O) groups excluding carboxylic acids is 2. The average Bonchev–Trinajstić information content (AvgIpc) is 2.77. The molecule has 4 rings (SSSR count). The van der Waals surface area contributed by atoms with E-state index in [0.29, 0.717) is 17.0 Å². The quantitative estimate of drug-likeness (QED) is 0.378. The zero-order valence-corrected chi connectivity index (χ0v) is 16.7. The zero-order chi connectivity index (χ0) is 21.8. The molecule has 7 heteroatoms. The molecule has 1 aromatic heterocycles. The lowest BCUT2D eigenvalue weighted by Gasteiger charge is -2.14. The Hall–Kier alpha value is -4.13. The summed E-state index contributed by atoms with van der Waals surface area (Å²) in [6.07, 6.45) is -1.00. The van der Waals surface area contributed by atoms with Gasteiger partial charge in [-0.2, -0.15) is 0 Å². The predicted molar refractivity (Wildman–Crippen MR) is 116 cm³/mol. The topological polar surface area (TPSA) is 94.8 Å². The van der Waals surface area contributed by atoms with Crippen molar-refractivity contribution in [2.45, 2.75) is 13.0 Å². The van der Waals surface area contributed by atoms with Crippen molar-refractivity contribution < 1.29 is 23.5 Å². The van der Waals surface area contributed by atoms with Gasteiger partial charge in [-0.15, -0.1) is 0 Å². The second kappa shape index (κ2) is 8.71. The van der Waals surface area contributed by atoms with E-state index in [1.807, 2.05) is 36.4 Å². The van der Waals surface area contributed by atoms with Gasteiger partial charge in [0.05, 0.1) is 0 Å². The minimum absolute atomic E-state index is 0.340. The van der Waals surface area contributed by atoms with Gasteiger partial charge in [0.15, 0.2) is 12.7 Å². The first-order valence-electron chi connectivity index (χ1n) is 9.64. The summed E-state index contributed by atoms with van der Waals surface area (Å²) in [6.45, 7) is 1.09. The van der Waals surface area contributed by atoms with E-state index in [1.165, 1.54) is 19.1 Å². The summed E-state index contributed by atoms with van der Waals surface area (Å²) < 4.78 is 15.6. The summed E-state index contributed by atoms with van der Waals surface area (Å²) in [7, 11) is 0. The Labute approximate surface area is 177 Å². The van der Waals surface area contributed by atoms with E-state index >= 15 is 0 Å². The van der Waals surface area contributed by atoms with Crippen LogP contribution in [-0.4, -0.2) is 24.6 Å². The smallest absolute Gasteiger partial charge is 0.344 e. The van der Waals surface area contributed by atoms with Crippen LogP contribution in [0.4, 0.5) is 5.69 Å². The molecular weight excluding hydrogens is 398 g/mol. The van der Waals surface area contributed by atoms with Crippen LogP contribution >= 0.6 is 0 Å². The summed E-state index contributed by atoms with van der Waals surface area (Å²) in [5.41, 5.74) is 0.484. The summed E-state index contributed by atoms with van der Waals surface area (Å²) in [5.74, 6) is -0.807. The first kappa shape index (κ1) is 20.2. The van der Waals surface area contributed by atoms with Crippen molar-refractivity contribution in [2.75, 3.05) is 11.9 Å². The lowest BCUT2D eigenvalue weighted by Crippen LogP contribution is -2.31. The standard InChI is InChI=1S/C24H19NO6/c1-15(24(28)25-19-9-6-16-4-2-3-5-18(16)12-19)30-23(27)14-29-20-10-7-17-8-11-22(26)31-21(17)13-20/h2-13,15H,14H2,1H3,(H,25,28). The summed E-state index contributed by atoms with van der Waals surface area (Å²) in [4.78, 5) is 35.8. The number of nitrogens with one attached hydrogen (secondary N) is 1. The maximum atomic E-state index is 12.4. The molecule has 1 amide bonds. The lowest BCUT2D eigenvalue weighted by molar-refractivity contribution is -0.155. The van der Waals surface area contributed by atoms with Gasteiger partial charge < -0.3 is 19.2 Å². The molecule has 0 bridgehead atoms. The van der Waals surface area contributed by atoms with E-state index in [-0.39, 0.29) is 0 Å². The Bertz CT molecular complexity index is 1330. The largest absolute Gasteiger partial charge is 0.482 e. The van der Waals surface area contributed by atoms with E-state index in [2.05, 4.69) is 5.32 Å². The van der Waals surface area contributed by atoms with Crippen molar-refractivity contribution in [3.05, 3.63) is 83.2 Å². The molecule has 0 fully saturated rings. The van der Waals surface area contributed by atoms with Crippen LogP contribution < -0.4 is 15.7 Å². The molecule has 7 nitrogen and oxygen atoms in total. The molecule has 1 heterocycles.